The summed E-state index contributed by atoms with van der Waals surface area (Å²) in [4.78, 5) is 27.5. The minimum absolute atomic E-state index is 0. The van der Waals surface area contributed by atoms with Gasteiger partial charge in [0.05, 0.1) is 24.6 Å². The topological polar surface area (TPSA) is 91.3 Å². The molecule has 0 fully saturated rings. The zero-order valence-corrected chi connectivity index (χ0v) is 16.9. The fourth-order valence-corrected chi connectivity index (χ4v) is 3.27. The number of hydrogen-bond donors (Lipinski definition) is 1. The molecule has 0 aliphatic heterocycles. The maximum Gasteiger partial charge on any atom is 1.00 e. The third-order valence-corrected chi connectivity index (χ3v) is 4.32. The molecule has 0 saturated heterocycles. The number of carboxylic acid groups (broad SMARTS) is 1. The Morgan fingerprint density at radius 3 is 2.67 bits per heavy atom. The van der Waals surface area contributed by atoms with Crippen LogP contribution in [0.3, 0.4) is 0 Å². The van der Waals surface area contributed by atoms with Gasteiger partial charge in [-0.25, -0.2) is 0 Å². The number of ether oxygens (including phenoxy) is 1. The second-order valence-electron chi connectivity index (χ2n) is 5.03. The molecule has 24 heavy (non-hydrogen) atoms. The fourth-order valence-electron chi connectivity index (χ4n) is 2.13. The molecule has 1 heterocycles. The van der Waals surface area contributed by atoms with Gasteiger partial charge in [0.2, 0.25) is 5.91 Å². The first-order chi connectivity index (χ1) is 10.9. The van der Waals surface area contributed by atoms with Crippen molar-refractivity contribution < 1.29 is 49.0 Å². The minimum Gasteiger partial charge on any atom is -0.548 e. The molecule has 1 aromatic heterocycles. The quantitative estimate of drug-likeness (QED) is 0.471. The van der Waals surface area contributed by atoms with Crippen molar-refractivity contribution in [2.24, 2.45) is 0 Å². The van der Waals surface area contributed by atoms with E-state index in [1.165, 1.54) is 18.7 Å². The monoisotopic (exact) mass is 356 g/mol. The standard InChI is InChI=1S/C16H18N2O4S.Na/c1-9-6-15(23-8-14(16(20)21)18-10(2)19)12-7-11(22-3)4-5-13(12)17-9;/h4-7,14H,8H2,1-3H3,(H,18,19)(H,20,21);/q;+1/p-1. The van der Waals surface area contributed by atoms with Crippen LogP contribution < -0.4 is 44.7 Å². The maximum atomic E-state index is 11.1. The Bertz CT molecular complexity index is 754. The van der Waals surface area contributed by atoms with Gasteiger partial charge in [0.25, 0.3) is 0 Å². The van der Waals surface area contributed by atoms with Crippen molar-refractivity contribution in [3.8, 4) is 5.75 Å². The van der Waals surface area contributed by atoms with E-state index in [0.717, 1.165) is 21.5 Å². The van der Waals surface area contributed by atoms with Crippen LogP contribution in [0.4, 0.5) is 0 Å². The molecule has 122 valence electrons. The van der Waals surface area contributed by atoms with Crippen LogP contribution in [0.15, 0.2) is 29.2 Å². The first kappa shape index (κ1) is 20.8. The number of amides is 1. The number of methoxy groups -OCH3 is 1. The van der Waals surface area contributed by atoms with Gasteiger partial charge in [-0.05, 0) is 31.2 Å². The number of carboxylic acids is 1. The van der Waals surface area contributed by atoms with Crippen molar-refractivity contribution in [2.75, 3.05) is 12.9 Å². The van der Waals surface area contributed by atoms with Crippen molar-refractivity contribution in [2.45, 2.75) is 24.8 Å². The van der Waals surface area contributed by atoms with Gasteiger partial charge in [-0.1, -0.05) is 0 Å². The molecule has 0 radical (unpaired) electrons. The SMILES string of the molecule is COc1ccc2nc(C)cc(SCC(NC(C)=O)C(=O)[O-])c2c1.[Na+]. The summed E-state index contributed by atoms with van der Waals surface area (Å²) in [5, 5.41) is 14.4. The summed E-state index contributed by atoms with van der Waals surface area (Å²) in [6, 6.07) is 6.37. The molecule has 8 heteroatoms. The van der Waals surface area contributed by atoms with Crippen LogP contribution in [0.1, 0.15) is 12.6 Å². The van der Waals surface area contributed by atoms with Crippen LogP contribution >= 0.6 is 11.8 Å². The van der Waals surface area contributed by atoms with Crippen LogP contribution in [0.2, 0.25) is 0 Å². The molecule has 0 spiro atoms. The number of carbonyl (C=O) groups excluding carboxylic acids is 2. The Labute approximate surface area is 166 Å². The van der Waals surface area contributed by atoms with Crippen LogP contribution in [-0.2, 0) is 9.59 Å². The van der Waals surface area contributed by atoms with E-state index in [1.807, 2.05) is 31.2 Å². The molecule has 1 unspecified atom stereocenters. The summed E-state index contributed by atoms with van der Waals surface area (Å²) >= 11 is 1.33. The second-order valence-corrected chi connectivity index (χ2v) is 6.09. The number of aryl methyl sites for hydroxylation is 1. The molecule has 2 rings (SSSR count). The molecular weight excluding hydrogens is 339 g/mol. The zero-order chi connectivity index (χ0) is 17.0. The number of aromatic nitrogens is 1. The predicted molar refractivity (Wildman–Crippen MR) is 86.4 cm³/mol. The molecule has 0 bridgehead atoms. The summed E-state index contributed by atoms with van der Waals surface area (Å²) in [6.07, 6.45) is 0. The number of nitrogens with zero attached hydrogens (tertiary/aromatic N) is 1. The Morgan fingerprint density at radius 2 is 2.08 bits per heavy atom. The Kier molecular flexibility index (Phi) is 8.02. The fraction of sp³-hybridized carbons (Fsp3) is 0.312. The second kappa shape index (κ2) is 9.27. The Hall–Kier alpha value is -1.28. The van der Waals surface area contributed by atoms with E-state index in [-0.39, 0.29) is 35.3 Å². The molecule has 6 nitrogen and oxygen atoms in total. The summed E-state index contributed by atoms with van der Waals surface area (Å²) in [7, 11) is 1.58. The van der Waals surface area contributed by atoms with E-state index in [1.54, 1.807) is 7.11 Å². The molecule has 0 aliphatic rings. The number of benzene rings is 1. The van der Waals surface area contributed by atoms with E-state index < -0.39 is 17.9 Å². The first-order valence-electron chi connectivity index (χ1n) is 6.97. The van der Waals surface area contributed by atoms with Crippen molar-refractivity contribution in [1.82, 2.24) is 10.3 Å². The number of nitrogens with one attached hydrogen (secondary N) is 1. The van der Waals surface area contributed by atoms with E-state index in [0.29, 0.717) is 5.75 Å². The van der Waals surface area contributed by atoms with Gasteiger partial charge in [0, 0.05) is 28.7 Å². The number of rotatable bonds is 6. The summed E-state index contributed by atoms with van der Waals surface area (Å²) in [5.74, 6) is -0.849. The van der Waals surface area contributed by atoms with Crippen molar-refractivity contribution in [1.29, 1.82) is 0 Å². The molecule has 1 aromatic carbocycles. The third-order valence-electron chi connectivity index (χ3n) is 3.17. The smallest absolute Gasteiger partial charge is 0.548 e. The predicted octanol–water partition coefficient (Wildman–Crippen LogP) is -2.10. The number of aliphatic carboxylic acids is 1. The normalized spacial score (nSPS) is 11.5. The van der Waals surface area contributed by atoms with Crippen molar-refractivity contribution in [3.05, 3.63) is 30.0 Å². The van der Waals surface area contributed by atoms with Gasteiger partial charge in [-0.2, -0.15) is 0 Å². The molecular formula is C16H17N2NaO4S. The summed E-state index contributed by atoms with van der Waals surface area (Å²) in [6.45, 7) is 3.15. The molecule has 2 aromatic rings. The van der Waals surface area contributed by atoms with Crippen molar-refractivity contribution in [3.63, 3.8) is 0 Å². The average Bonchev–Trinajstić information content (AvgIpc) is 2.50. The van der Waals surface area contributed by atoms with E-state index in [2.05, 4.69) is 10.3 Å². The average molecular weight is 356 g/mol. The maximum absolute atomic E-state index is 11.1. The van der Waals surface area contributed by atoms with Crippen molar-refractivity contribution >= 4 is 34.5 Å². The van der Waals surface area contributed by atoms with Crippen LogP contribution in [0, 0.1) is 6.92 Å². The van der Waals surface area contributed by atoms with Crippen LogP contribution in [0.5, 0.6) is 5.75 Å². The van der Waals surface area contributed by atoms with Gasteiger partial charge in [0.15, 0.2) is 0 Å². The first-order valence-corrected chi connectivity index (χ1v) is 7.95. The largest absolute Gasteiger partial charge is 1.00 e. The molecule has 1 amide bonds. The Balaban J connectivity index is 0.00000288. The van der Waals surface area contributed by atoms with Gasteiger partial charge in [-0.3, -0.25) is 9.78 Å². The molecule has 1 atom stereocenters. The number of thioether (sulfide) groups is 1. The zero-order valence-electron chi connectivity index (χ0n) is 14.1. The number of hydrogen-bond acceptors (Lipinski definition) is 6. The summed E-state index contributed by atoms with van der Waals surface area (Å²) < 4.78 is 5.23. The van der Waals surface area contributed by atoms with Crippen LogP contribution in [-0.4, -0.2) is 35.8 Å². The van der Waals surface area contributed by atoms with Gasteiger partial charge >= 0.3 is 29.6 Å². The molecule has 0 aliphatic carbocycles. The van der Waals surface area contributed by atoms with Gasteiger partial charge < -0.3 is 20.0 Å². The van der Waals surface area contributed by atoms with Crippen LogP contribution in [0.25, 0.3) is 10.9 Å². The third kappa shape index (κ3) is 5.37. The van der Waals surface area contributed by atoms with E-state index in [4.69, 9.17) is 4.74 Å². The van der Waals surface area contributed by atoms with Gasteiger partial charge in [-0.15, -0.1) is 11.8 Å². The van der Waals surface area contributed by atoms with E-state index in [9.17, 15) is 14.7 Å². The number of carbonyl (C=O) groups is 2. The minimum atomic E-state index is -1.31. The van der Waals surface area contributed by atoms with E-state index >= 15 is 0 Å². The number of fused-ring (bicyclic) bond motifs is 1. The number of pyridine rings is 1. The summed E-state index contributed by atoms with van der Waals surface area (Å²) in [5.41, 5.74) is 1.63. The van der Waals surface area contributed by atoms with Gasteiger partial charge in [0.1, 0.15) is 5.75 Å². The Morgan fingerprint density at radius 1 is 1.38 bits per heavy atom. The molecule has 0 saturated carbocycles. The molecule has 1 N–H and O–H groups in total.